The normalized spacial score (nSPS) is 27.0. The molecule has 4 rings (SSSR count). The number of benzene rings is 1. The third-order valence-electron chi connectivity index (χ3n) is 6.98. The molecule has 1 aromatic carbocycles. The van der Waals surface area contributed by atoms with Crippen LogP contribution < -0.4 is 4.90 Å². The van der Waals surface area contributed by atoms with Gasteiger partial charge in [0.15, 0.2) is 0 Å². The Bertz CT molecular complexity index is 728. The van der Waals surface area contributed by atoms with Gasteiger partial charge in [0.05, 0.1) is 5.92 Å². The van der Waals surface area contributed by atoms with E-state index < -0.39 is 0 Å². The quantitative estimate of drug-likeness (QED) is 0.784. The van der Waals surface area contributed by atoms with Crippen LogP contribution in [0.5, 0.6) is 0 Å². The lowest BCUT2D eigenvalue weighted by molar-refractivity contribution is -0.134. The molecule has 3 unspecified atom stereocenters. The van der Waals surface area contributed by atoms with Crippen molar-refractivity contribution in [2.75, 3.05) is 37.6 Å². The molecule has 3 aliphatic rings. The molecule has 0 radical (unpaired) electrons. The minimum absolute atomic E-state index is 0.0874. The van der Waals surface area contributed by atoms with Crippen molar-refractivity contribution in [3.63, 3.8) is 0 Å². The number of carbonyl (C=O) groups is 2. The van der Waals surface area contributed by atoms with Gasteiger partial charge in [0, 0.05) is 37.8 Å². The Morgan fingerprint density at radius 3 is 2.64 bits per heavy atom. The molecule has 0 spiro atoms. The van der Waals surface area contributed by atoms with E-state index >= 15 is 0 Å². The number of amides is 2. The average Bonchev–Trinajstić information content (AvgIpc) is 3.46. The highest BCUT2D eigenvalue weighted by atomic mass is 16.2. The van der Waals surface area contributed by atoms with Crippen molar-refractivity contribution in [1.82, 2.24) is 9.80 Å². The first-order chi connectivity index (χ1) is 13.6. The summed E-state index contributed by atoms with van der Waals surface area (Å²) in [5.74, 6) is 0.469. The zero-order valence-electron chi connectivity index (χ0n) is 17.3. The van der Waals surface area contributed by atoms with Gasteiger partial charge in [-0.2, -0.15) is 0 Å². The number of rotatable bonds is 5. The van der Waals surface area contributed by atoms with E-state index in [4.69, 9.17) is 0 Å². The van der Waals surface area contributed by atoms with Gasteiger partial charge in [0.1, 0.15) is 0 Å². The molecule has 3 saturated heterocycles. The first kappa shape index (κ1) is 19.4. The first-order valence-electron chi connectivity index (χ1n) is 11.0. The summed E-state index contributed by atoms with van der Waals surface area (Å²) in [7, 11) is 0. The Kier molecular flexibility index (Phi) is 5.72. The van der Waals surface area contributed by atoms with Crippen LogP contribution in [0.1, 0.15) is 57.4 Å². The summed E-state index contributed by atoms with van der Waals surface area (Å²) in [6, 6.07) is 8.70. The molecule has 5 nitrogen and oxygen atoms in total. The van der Waals surface area contributed by atoms with E-state index in [1.165, 1.54) is 31.5 Å². The zero-order valence-corrected chi connectivity index (χ0v) is 17.3. The van der Waals surface area contributed by atoms with Gasteiger partial charge in [0.25, 0.3) is 0 Å². The molecular weight excluding hydrogens is 350 g/mol. The molecule has 1 aromatic rings. The highest BCUT2D eigenvalue weighted by Gasteiger charge is 2.40. The summed E-state index contributed by atoms with van der Waals surface area (Å²) in [4.78, 5) is 32.3. The lowest BCUT2D eigenvalue weighted by atomic mass is 9.96. The van der Waals surface area contributed by atoms with E-state index in [2.05, 4.69) is 24.8 Å². The fraction of sp³-hybridized carbons (Fsp3) is 0.652. The monoisotopic (exact) mass is 383 g/mol. The van der Waals surface area contributed by atoms with Crippen LogP contribution in [0.3, 0.4) is 0 Å². The molecule has 0 aromatic heterocycles. The second-order valence-electron chi connectivity index (χ2n) is 8.74. The van der Waals surface area contributed by atoms with Crippen molar-refractivity contribution in [2.24, 2.45) is 5.92 Å². The SMILES string of the molecule is CCC(C)c1ccccc1N1CC(C(=O)N2CCC(N3CCCC3)C2)CC1=O. The number of nitrogens with zero attached hydrogens (tertiary/aromatic N) is 3. The number of hydrogen-bond acceptors (Lipinski definition) is 3. The van der Waals surface area contributed by atoms with Gasteiger partial charge >= 0.3 is 0 Å². The van der Waals surface area contributed by atoms with Crippen LogP contribution in [0.25, 0.3) is 0 Å². The zero-order chi connectivity index (χ0) is 19.7. The van der Waals surface area contributed by atoms with E-state index in [0.29, 0.717) is 24.9 Å². The highest BCUT2D eigenvalue weighted by molar-refractivity contribution is 6.01. The van der Waals surface area contributed by atoms with Crippen molar-refractivity contribution >= 4 is 17.5 Å². The second-order valence-corrected chi connectivity index (χ2v) is 8.74. The van der Waals surface area contributed by atoms with Crippen molar-refractivity contribution < 1.29 is 9.59 Å². The van der Waals surface area contributed by atoms with Gasteiger partial charge in [-0.3, -0.25) is 14.5 Å². The molecule has 0 aliphatic carbocycles. The van der Waals surface area contributed by atoms with Gasteiger partial charge in [-0.25, -0.2) is 0 Å². The Hall–Kier alpha value is -1.88. The molecule has 3 heterocycles. The predicted molar refractivity (Wildman–Crippen MR) is 111 cm³/mol. The third-order valence-corrected chi connectivity index (χ3v) is 6.98. The molecular formula is C23H33N3O2. The highest BCUT2D eigenvalue weighted by Crippen LogP contribution is 2.34. The summed E-state index contributed by atoms with van der Waals surface area (Å²) in [6.07, 6.45) is 5.02. The Morgan fingerprint density at radius 1 is 1.14 bits per heavy atom. The largest absolute Gasteiger partial charge is 0.341 e. The third kappa shape index (κ3) is 3.69. The van der Waals surface area contributed by atoms with Crippen molar-refractivity contribution in [3.8, 4) is 0 Å². The molecule has 3 fully saturated rings. The molecule has 2 amide bonds. The van der Waals surface area contributed by atoms with Gasteiger partial charge in [-0.15, -0.1) is 0 Å². The summed E-state index contributed by atoms with van der Waals surface area (Å²) < 4.78 is 0. The average molecular weight is 384 g/mol. The Morgan fingerprint density at radius 2 is 1.89 bits per heavy atom. The van der Waals surface area contributed by atoms with E-state index in [-0.39, 0.29) is 17.7 Å². The molecule has 0 saturated carbocycles. The van der Waals surface area contributed by atoms with Gasteiger partial charge in [0.2, 0.25) is 11.8 Å². The molecule has 5 heteroatoms. The molecule has 0 bridgehead atoms. The minimum Gasteiger partial charge on any atom is -0.341 e. The van der Waals surface area contributed by atoms with Crippen LogP contribution in [0, 0.1) is 5.92 Å². The minimum atomic E-state index is -0.199. The van der Waals surface area contributed by atoms with Crippen LogP contribution in [-0.2, 0) is 9.59 Å². The lowest BCUT2D eigenvalue weighted by Crippen LogP contribution is -2.40. The maximum Gasteiger partial charge on any atom is 0.228 e. The molecule has 3 aliphatic heterocycles. The molecule has 0 N–H and O–H groups in total. The van der Waals surface area contributed by atoms with Crippen LogP contribution in [0.4, 0.5) is 5.69 Å². The number of hydrogen-bond donors (Lipinski definition) is 0. The molecule has 152 valence electrons. The number of likely N-dealkylation sites (tertiary alicyclic amines) is 2. The van der Waals surface area contributed by atoms with E-state index in [0.717, 1.165) is 31.6 Å². The molecule has 28 heavy (non-hydrogen) atoms. The summed E-state index contributed by atoms with van der Waals surface area (Å²) in [5, 5.41) is 0. The Balaban J connectivity index is 1.43. The van der Waals surface area contributed by atoms with Crippen LogP contribution in [-0.4, -0.2) is 60.4 Å². The predicted octanol–water partition coefficient (Wildman–Crippen LogP) is 3.25. The van der Waals surface area contributed by atoms with Crippen LogP contribution in [0.15, 0.2) is 24.3 Å². The van der Waals surface area contributed by atoms with E-state index in [1.807, 2.05) is 28.0 Å². The van der Waals surface area contributed by atoms with Crippen LogP contribution >= 0.6 is 0 Å². The number of para-hydroxylation sites is 1. The summed E-state index contributed by atoms with van der Waals surface area (Å²) in [5.41, 5.74) is 2.20. The van der Waals surface area contributed by atoms with E-state index in [1.54, 1.807) is 0 Å². The van der Waals surface area contributed by atoms with Crippen LogP contribution in [0.2, 0.25) is 0 Å². The maximum absolute atomic E-state index is 13.1. The maximum atomic E-state index is 13.1. The smallest absolute Gasteiger partial charge is 0.228 e. The fourth-order valence-electron chi connectivity index (χ4n) is 5.08. The van der Waals surface area contributed by atoms with Gasteiger partial charge in [-0.05, 0) is 56.3 Å². The van der Waals surface area contributed by atoms with E-state index in [9.17, 15) is 9.59 Å². The van der Waals surface area contributed by atoms with Crippen molar-refractivity contribution in [2.45, 2.75) is 57.9 Å². The van der Waals surface area contributed by atoms with Crippen molar-refractivity contribution in [1.29, 1.82) is 0 Å². The van der Waals surface area contributed by atoms with Gasteiger partial charge < -0.3 is 9.80 Å². The summed E-state index contributed by atoms with van der Waals surface area (Å²) in [6.45, 7) is 8.93. The van der Waals surface area contributed by atoms with Crippen molar-refractivity contribution in [3.05, 3.63) is 29.8 Å². The van der Waals surface area contributed by atoms with Gasteiger partial charge in [-0.1, -0.05) is 32.0 Å². The Labute approximate surface area is 168 Å². The first-order valence-corrected chi connectivity index (χ1v) is 11.0. The topological polar surface area (TPSA) is 43.9 Å². The standard InChI is InChI=1S/C23H33N3O2/c1-3-17(2)20-8-4-5-9-21(20)26-15-18(14-22(26)27)23(28)25-13-10-19(16-25)24-11-6-7-12-24/h4-5,8-9,17-19H,3,6-7,10-16H2,1-2H3. The molecule has 3 atom stereocenters. The summed E-state index contributed by atoms with van der Waals surface area (Å²) >= 11 is 0. The fourth-order valence-corrected chi connectivity index (χ4v) is 5.08. The second kappa shape index (κ2) is 8.24. The number of carbonyl (C=O) groups excluding carboxylic acids is 2. The lowest BCUT2D eigenvalue weighted by Gasteiger charge is -2.25. The number of anilines is 1.